The first-order valence-electron chi connectivity index (χ1n) is 1.41. The molecule has 0 radical (unpaired) electrons. The van der Waals surface area contributed by atoms with Crippen molar-refractivity contribution in [1.29, 1.82) is 0 Å². The molecule has 0 aliphatic carbocycles. The third-order valence-corrected chi connectivity index (χ3v) is 0.950. The highest BCUT2D eigenvalue weighted by Crippen LogP contribution is 2.13. The average molecular weight is 89.0 g/mol. The van der Waals surface area contributed by atoms with Crippen molar-refractivity contribution in [2.75, 3.05) is 6.16 Å². The number of oxime groups is 1. The van der Waals surface area contributed by atoms with Crippen LogP contribution in [0.15, 0.2) is 5.16 Å². The molecule has 1 aliphatic heterocycles. The Morgan fingerprint density at radius 2 is 3.00 bits per heavy atom. The molecule has 1 heterocycles. The van der Waals surface area contributed by atoms with Crippen molar-refractivity contribution in [3.8, 4) is 0 Å². The smallest absolute Gasteiger partial charge is 0.112 e. The molecule has 2 nitrogen and oxygen atoms in total. The third kappa shape index (κ3) is 0.586. The summed E-state index contributed by atoms with van der Waals surface area (Å²) in [7, 11) is 0.586. The van der Waals surface area contributed by atoms with Crippen molar-refractivity contribution in [3.63, 3.8) is 0 Å². The molecule has 0 aromatic heterocycles. The lowest BCUT2D eigenvalue weighted by Crippen LogP contribution is -1.59. The van der Waals surface area contributed by atoms with Crippen LogP contribution in [0, 0.1) is 0 Å². The zero-order valence-corrected chi connectivity index (χ0v) is 3.64. The summed E-state index contributed by atoms with van der Waals surface area (Å²) in [6, 6.07) is 0. The van der Waals surface area contributed by atoms with E-state index in [9.17, 15) is 0 Å². The van der Waals surface area contributed by atoms with Crippen LogP contribution in [0.25, 0.3) is 0 Å². The van der Waals surface area contributed by atoms with E-state index >= 15 is 0 Å². The number of rotatable bonds is 0. The van der Waals surface area contributed by atoms with Gasteiger partial charge in [0.25, 0.3) is 0 Å². The fourth-order valence-electron chi connectivity index (χ4n) is 0.186. The molecule has 0 saturated carbocycles. The monoisotopic (exact) mass is 89.0 g/mol. The molecular formula is C2H4NOP. The van der Waals surface area contributed by atoms with Crippen LogP contribution in [0.5, 0.6) is 0 Å². The molecule has 1 aliphatic rings. The van der Waals surface area contributed by atoms with E-state index in [1.165, 1.54) is 0 Å². The van der Waals surface area contributed by atoms with Gasteiger partial charge < -0.3 is 4.62 Å². The Bertz CT molecular complexity index is 47.6. The van der Waals surface area contributed by atoms with Gasteiger partial charge >= 0.3 is 0 Å². The zero-order chi connectivity index (χ0) is 3.54. The Labute approximate surface area is 32.1 Å². The van der Waals surface area contributed by atoms with Crippen molar-refractivity contribution >= 4 is 15.0 Å². The lowest BCUT2D eigenvalue weighted by Gasteiger charge is -1.75. The van der Waals surface area contributed by atoms with Crippen LogP contribution in [-0.2, 0) is 4.62 Å². The van der Waals surface area contributed by atoms with Crippen molar-refractivity contribution in [1.82, 2.24) is 0 Å². The maximum Gasteiger partial charge on any atom is 0.112 e. The Morgan fingerprint density at radius 3 is 3.20 bits per heavy atom. The average Bonchev–Trinajstić information content (AvgIpc) is 1.76. The molecule has 0 aromatic rings. The molecule has 0 aromatic carbocycles. The predicted octanol–water partition coefficient (Wildman–Crippen LogP) is 0.596. The highest BCUT2D eigenvalue weighted by molar-refractivity contribution is 7.33. The lowest BCUT2D eigenvalue weighted by atomic mass is 10.9. The van der Waals surface area contributed by atoms with Gasteiger partial charge in [-0.2, -0.15) is 0 Å². The second-order valence-electron chi connectivity index (χ2n) is 0.728. The largest absolute Gasteiger partial charge is 0.380 e. The highest BCUT2D eigenvalue weighted by atomic mass is 31.1. The first-order chi connectivity index (χ1) is 2.50. The Morgan fingerprint density at radius 1 is 2.00 bits per heavy atom. The molecule has 0 spiro atoms. The van der Waals surface area contributed by atoms with Gasteiger partial charge in [0.1, 0.15) is 8.81 Å². The molecular weight excluding hydrogens is 85.0 g/mol. The predicted molar refractivity (Wildman–Crippen MR) is 22.8 cm³/mol. The molecule has 28 valence electrons. The van der Waals surface area contributed by atoms with Gasteiger partial charge in [0.2, 0.25) is 0 Å². The molecule has 0 bridgehead atoms. The summed E-state index contributed by atoms with van der Waals surface area (Å²) in [5.74, 6) is 0. The second kappa shape index (κ2) is 1.37. The van der Waals surface area contributed by atoms with Crippen LogP contribution in [0.4, 0.5) is 0 Å². The minimum atomic E-state index is 0.586. The molecule has 0 fully saturated rings. The number of hydrogen-bond donors (Lipinski definition) is 0. The van der Waals surface area contributed by atoms with Crippen LogP contribution < -0.4 is 0 Å². The topological polar surface area (TPSA) is 21.6 Å². The van der Waals surface area contributed by atoms with E-state index in [0.717, 1.165) is 6.16 Å². The molecule has 0 N–H and O–H groups in total. The SMILES string of the molecule is C1=NOPC1. The summed E-state index contributed by atoms with van der Waals surface area (Å²) >= 11 is 0. The van der Waals surface area contributed by atoms with Crippen LogP contribution in [-0.4, -0.2) is 12.4 Å². The molecule has 1 unspecified atom stereocenters. The van der Waals surface area contributed by atoms with Crippen LogP contribution >= 0.6 is 8.81 Å². The minimum Gasteiger partial charge on any atom is -0.380 e. The Balaban J connectivity index is 2.32. The lowest BCUT2D eigenvalue weighted by molar-refractivity contribution is 0.406. The molecule has 0 saturated heterocycles. The van der Waals surface area contributed by atoms with Crippen LogP contribution in [0.3, 0.4) is 0 Å². The quantitative estimate of drug-likeness (QED) is 0.398. The van der Waals surface area contributed by atoms with Gasteiger partial charge in [0.05, 0.1) is 6.21 Å². The summed E-state index contributed by atoms with van der Waals surface area (Å²) in [6.07, 6.45) is 2.79. The molecule has 5 heavy (non-hydrogen) atoms. The Kier molecular flexibility index (Phi) is 0.848. The molecule has 1 rings (SSSR count). The summed E-state index contributed by atoms with van der Waals surface area (Å²) in [6.45, 7) is 0. The van der Waals surface area contributed by atoms with Gasteiger partial charge in [-0.3, -0.25) is 0 Å². The van der Waals surface area contributed by atoms with E-state index < -0.39 is 0 Å². The molecule has 3 heteroatoms. The van der Waals surface area contributed by atoms with Crippen LogP contribution in [0.1, 0.15) is 0 Å². The van der Waals surface area contributed by atoms with E-state index in [1.54, 1.807) is 6.21 Å². The van der Waals surface area contributed by atoms with Crippen molar-refractivity contribution in [2.24, 2.45) is 5.16 Å². The van der Waals surface area contributed by atoms with E-state index in [2.05, 4.69) is 9.78 Å². The summed E-state index contributed by atoms with van der Waals surface area (Å²) in [5, 5.41) is 3.47. The fraction of sp³-hybridized carbons (Fsp3) is 0.500. The standard InChI is InChI=1S/C2H4NOP/c1-2-5-4-3-1/h1,5H,2H2. The first kappa shape index (κ1) is 3.10. The summed E-state index contributed by atoms with van der Waals surface area (Å²) in [4.78, 5) is 0. The molecule has 1 atom stereocenters. The maximum absolute atomic E-state index is 4.54. The minimum absolute atomic E-state index is 0.586. The van der Waals surface area contributed by atoms with Gasteiger partial charge in [0, 0.05) is 6.16 Å². The van der Waals surface area contributed by atoms with E-state index in [0.29, 0.717) is 8.81 Å². The van der Waals surface area contributed by atoms with Crippen molar-refractivity contribution in [3.05, 3.63) is 0 Å². The van der Waals surface area contributed by atoms with Gasteiger partial charge in [-0.15, -0.1) is 0 Å². The van der Waals surface area contributed by atoms with E-state index in [4.69, 9.17) is 0 Å². The van der Waals surface area contributed by atoms with Crippen molar-refractivity contribution < 1.29 is 4.62 Å². The second-order valence-corrected chi connectivity index (χ2v) is 1.61. The van der Waals surface area contributed by atoms with Gasteiger partial charge in [-0.25, -0.2) is 0 Å². The Hall–Kier alpha value is -0.100. The number of hydrogen-bond acceptors (Lipinski definition) is 2. The highest BCUT2D eigenvalue weighted by Gasteiger charge is 1.86. The van der Waals surface area contributed by atoms with E-state index in [1.807, 2.05) is 0 Å². The van der Waals surface area contributed by atoms with Gasteiger partial charge in [-0.05, 0) is 0 Å². The first-order valence-corrected chi connectivity index (χ1v) is 2.52. The zero-order valence-electron chi connectivity index (χ0n) is 2.64. The number of nitrogens with zero attached hydrogens (tertiary/aromatic N) is 1. The normalized spacial score (nSPS) is 24.0. The summed E-state index contributed by atoms with van der Waals surface area (Å²) < 4.78 is 4.54. The summed E-state index contributed by atoms with van der Waals surface area (Å²) in [5.41, 5.74) is 0. The van der Waals surface area contributed by atoms with E-state index in [-0.39, 0.29) is 0 Å². The van der Waals surface area contributed by atoms with Gasteiger partial charge in [-0.1, -0.05) is 5.16 Å². The maximum atomic E-state index is 4.54. The fourth-order valence-corrected chi connectivity index (χ4v) is 0.559. The molecule has 0 amide bonds. The van der Waals surface area contributed by atoms with Crippen molar-refractivity contribution in [2.45, 2.75) is 0 Å². The third-order valence-electron chi connectivity index (χ3n) is 0.366. The van der Waals surface area contributed by atoms with Crippen LogP contribution in [0.2, 0.25) is 0 Å². The van der Waals surface area contributed by atoms with Gasteiger partial charge in [0.15, 0.2) is 0 Å².